The second-order valence-corrected chi connectivity index (χ2v) is 8.07. The normalized spacial score (nSPS) is 17.4. The predicted molar refractivity (Wildman–Crippen MR) is 109 cm³/mol. The molecule has 0 N–H and O–H groups in total. The molecule has 5 nitrogen and oxygen atoms in total. The van der Waals surface area contributed by atoms with Gasteiger partial charge in [0, 0.05) is 32.3 Å². The molecular weight excluding hydrogens is 352 g/mol. The Bertz CT molecular complexity index is 810. The van der Waals surface area contributed by atoms with E-state index in [0.29, 0.717) is 18.7 Å². The van der Waals surface area contributed by atoms with Gasteiger partial charge in [0.1, 0.15) is 5.69 Å². The van der Waals surface area contributed by atoms with Gasteiger partial charge in [-0.3, -0.25) is 9.59 Å². The standard InChI is InChI=1S/C23H30N2O3/c1-23(2,18-10-5-4-6-11-18)22(27)28-17-14-19-12-7-8-16-25(19)21(26)20-13-9-15-24(20)3/h4-6,9-11,13,15,19H,7-8,12,14,16-17H2,1-3H3. The molecule has 1 saturated heterocycles. The molecule has 1 aromatic carbocycles. The van der Waals surface area contributed by atoms with Gasteiger partial charge in [-0.25, -0.2) is 0 Å². The van der Waals surface area contributed by atoms with Gasteiger partial charge in [-0.05, 0) is 50.8 Å². The Balaban J connectivity index is 1.59. The van der Waals surface area contributed by atoms with Crippen molar-refractivity contribution in [2.24, 2.45) is 7.05 Å². The lowest BCUT2D eigenvalue weighted by molar-refractivity contribution is -0.149. The topological polar surface area (TPSA) is 51.5 Å². The number of likely N-dealkylation sites (tertiary alicyclic amines) is 1. The maximum atomic E-state index is 12.9. The highest BCUT2D eigenvalue weighted by Gasteiger charge is 2.32. The first-order valence-corrected chi connectivity index (χ1v) is 10.1. The highest BCUT2D eigenvalue weighted by molar-refractivity contribution is 5.93. The zero-order chi connectivity index (χ0) is 20.1. The number of hydrogen-bond donors (Lipinski definition) is 0. The SMILES string of the molecule is Cn1cccc1C(=O)N1CCCCC1CCOC(=O)C(C)(C)c1ccccc1. The van der Waals surface area contributed by atoms with E-state index < -0.39 is 5.41 Å². The number of aromatic nitrogens is 1. The number of aryl methyl sites for hydroxylation is 1. The molecule has 3 rings (SSSR count). The van der Waals surface area contributed by atoms with Crippen LogP contribution in [0.4, 0.5) is 0 Å². The molecular formula is C23H30N2O3. The second-order valence-electron chi connectivity index (χ2n) is 8.07. The molecule has 1 atom stereocenters. The Kier molecular flexibility index (Phi) is 6.22. The second kappa shape index (κ2) is 8.63. The van der Waals surface area contributed by atoms with Crippen molar-refractivity contribution >= 4 is 11.9 Å². The summed E-state index contributed by atoms with van der Waals surface area (Å²) in [7, 11) is 1.89. The highest BCUT2D eigenvalue weighted by Crippen LogP contribution is 2.26. The highest BCUT2D eigenvalue weighted by atomic mass is 16.5. The summed E-state index contributed by atoms with van der Waals surface area (Å²) >= 11 is 0. The third-order valence-corrected chi connectivity index (χ3v) is 5.74. The molecule has 1 fully saturated rings. The maximum Gasteiger partial charge on any atom is 0.315 e. The van der Waals surface area contributed by atoms with Crippen LogP contribution in [-0.2, 0) is 22.0 Å². The molecule has 1 aliphatic rings. The molecule has 1 amide bonds. The number of amides is 1. The summed E-state index contributed by atoms with van der Waals surface area (Å²) in [5.74, 6) is -0.164. The van der Waals surface area contributed by atoms with Crippen LogP contribution in [0.2, 0.25) is 0 Å². The molecule has 0 saturated carbocycles. The van der Waals surface area contributed by atoms with Crippen molar-refractivity contribution in [1.82, 2.24) is 9.47 Å². The Morgan fingerprint density at radius 1 is 1.11 bits per heavy atom. The largest absolute Gasteiger partial charge is 0.465 e. The van der Waals surface area contributed by atoms with Crippen molar-refractivity contribution in [2.45, 2.75) is 51.0 Å². The Morgan fingerprint density at radius 2 is 1.86 bits per heavy atom. The molecule has 0 aliphatic carbocycles. The molecule has 150 valence electrons. The van der Waals surface area contributed by atoms with Gasteiger partial charge in [0.05, 0.1) is 12.0 Å². The quantitative estimate of drug-likeness (QED) is 0.711. The lowest BCUT2D eigenvalue weighted by Crippen LogP contribution is -2.45. The van der Waals surface area contributed by atoms with Gasteiger partial charge in [0.2, 0.25) is 0 Å². The molecule has 28 heavy (non-hydrogen) atoms. The number of carbonyl (C=O) groups excluding carboxylic acids is 2. The van der Waals surface area contributed by atoms with Crippen LogP contribution in [0.1, 0.15) is 55.6 Å². The number of hydrogen-bond acceptors (Lipinski definition) is 3. The zero-order valence-electron chi connectivity index (χ0n) is 17.1. The van der Waals surface area contributed by atoms with Crippen LogP contribution in [0.5, 0.6) is 0 Å². The summed E-state index contributed by atoms with van der Waals surface area (Å²) in [5, 5.41) is 0. The summed E-state index contributed by atoms with van der Waals surface area (Å²) in [6.45, 7) is 4.86. The van der Waals surface area contributed by atoms with Crippen molar-refractivity contribution in [1.29, 1.82) is 0 Å². The van der Waals surface area contributed by atoms with Gasteiger partial charge < -0.3 is 14.2 Å². The summed E-state index contributed by atoms with van der Waals surface area (Å²) in [6.07, 6.45) is 5.64. The summed E-state index contributed by atoms with van der Waals surface area (Å²) in [6, 6.07) is 13.6. The van der Waals surface area contributed by atoms with E-state index in [4.69, 9.17) is 4.74 Å². The number of ether oxygens (including phenoxy) is 1. The number of carbonyl (C=O) groups is 2. The first-order valence-electron chi connectivity index (χ1n) is 10.1. The number of piperidine rings is 1. The molecule has 1 unspecified atom stereocenters. The van der Waals surface area contributed by atoms with E-state index in [9.17, 15) is 9.59 Å². The van der Waals surface area contributed by atoms with E-state index in [1.165, 1.54) is 0 Å². The molecule has 2 heterocycles. The van der Waals surface area contributed by atoms with E-state index in [-0.39, 0.29) is 17.9 Å². The number of nitrogens with zero attached hydrogens (tertiary/aromatic N) is 2. The zero-order valence-corrected chi connectivity index (χ0v) is 17.1. The van der Waals surface area contributed by atoms with Crippen LogP contribution >= 0.6 is 0 Å². The van der Waals surface area contributed by atoms with E-state index in [2.05, 4.69) is 0 Å². The smallest absolute Gasteiger partial charge is 0.315 e. The molecule has 0 bridgehead atoms. The van der Waals surface area contributed by atoms with Crippen LogP contribution in [0.3, 0.4) is 0 Å². The van der Waals surface area contributed by atoms with Crippen LogP contribution in [0.25, 0.3) is 0 Å². The van der Waals surface area contributed by atoms with Gasteiger partial charge in [-0.1, -0.05) is 30.3 Å². The Hall–Kier alpha value is -2.56. The van der Waals surface area contributed by atoms with E-state index in [1.54, 1.807) is 0 Å². The predicted octanol–water partition coefficient (Wildman–Crippen LogP) is 3.93. The van der Waals surface area contributed by atoms with Crippen LogP contribution in [-0.4, -0.2) is 40.5 Å². The fourth-order valence-electron chi connectivity index (χ4n) is 3.84. The van der Waals surface area contributed by atoms with Crippen molar-refractivity contribution in [3.63, 3.8) is 0 Å². The minimum Gasteiger partial charge on any atom is -0.465 e. The fraction of sp³-hybridized carbons (Fsp3) is 0.478. The Labute approximate surface area is 167 Å². The molecule has 0 radical (unpaired) electrons. The number of esters is 1. The van der Waals surface area contributed by atoms with Crippen molar-refractivity contribution in [3.05, 3.63) is 59.9 Å². The van der Waals surface area contributed by atoms with E-state index in [0.717, 1.165) is 31.4 Å². The monoisotopic (exact) mass is 382 g/mol. The average Bonchev–Trinajstić information content (AvgIpc) is 3.14. The minimum atomic E-state index is -0.688. The van der Waals surface area contributed by atoms with Crippen molar-refractivity contribution in [2.75, 3.05) is 13.2 Å². The molecule has 5 heteroatoms. The summed E-state index contributed by atoms with van der Waals surface area (Å²) in [5.41, 5.74) is 0.958. The van der Waals surface area contributed by atoms with Crippen molar-refractivity contribution in [3.8, 4) is 0 Å². The third-order valence-electron chi connectivity index (χ3n) is 5.74. The van der Waals surface area contributed by atoms with Gasteiger partial charge >= 0.3 is 5.97 Å². The number of rotatable bonds is 6. The van der Waals surface area contributed by atoms with Crippen LogP contribution < -0.4 is 0 Å². The van der Waals surface area contributed by atoms with Gasteiger partial charge in [0.15, 0.2) is 0 Å². The van der Waals surface area contributed by atoms with Crippen molar-refractivity contribution < 1.29 is 14.3 Å². The Morgan fingerprint density at radius 3 is 2.54 bits per heavy atom. The molecule has 2 aromatic rings. The molecule has 1 aromatic heterocycles. The minimum absolute atomic E-state index is 0.0631. The van der Waals surface area contributed by atoms with E-state index in [1.807, 2.05) is 79.0 Å². The first-order chi connectivity index (χ1) is 13.4. The lowest BCUT2D eigenvalue weighted by Gasteiger charge is -2.36. The van der Waals surface area contributed by atoms with Gasteiger partial charge in [0.25, 0.3) is 5.91 Å². The maximum absolute atomic E-state index is 12.9. The van der Waals surface area contributed by atoms with Crippen LogP contribution in [0.15, 0.2) is 48.7 Å². The molecule has 0 spiro atoms. The van der Waals surface area contributed by atoms with Gasteiger partial charge in [-0.15, -0.1) is 0 Å². The first kappa shape index (κ1) is 20.2. The van der Waals surface area contributed by atoms with E-state index >= 15 is 0 Å². The third kappa shape index (κ3) is 4.29. The van der Waals surface area contributed by atoms with Crippen LogP contribution in [0, 0.1) is 0 Å². The lowest BCUT2D eigenvalue weighted by atomic mass is 9.85. The average molecular weight is 383 g/mol. The summed E-state index contributed by atoms with van der Waals surface area (Å²) in [4.78, 5) is 27.5. The molecule has 1 aliphatic heterocycles. The number of benzene rings is 1. The fourth-order valence-corrected chi connectivity index (χ4v) is 3.84. The van der Waals surface area contributed by atoms with Gasteiger partial charge in [-0.2, -0.15) is 0 Å². The summed E-state index contributed by atoms with van der Waals surface area (Å²) < 4.78 is 7.48.